The van der Waals surface area contributed by atoms with Gasteiger partial charge in [-0.05, 0) is 41.8 Å². The molecule has 0 unspecified atom stereocenters. The van der Waals surface area contributed by atoms with E-state index in [2.05, 4.69) is 5.32 Å². The molecule has 0 saturated heterocycles. The fourth-order valence-electron chi connectivity index (χ4n) is 3.03. The molecule has 0 saturated carbocycles. The SMILES string of the molecule is COc1ccccc1NC1=C(c2cccs2)C(=O)N(c2cccc(F)c2)C1=O. The van der Waals surface area contributed by atoms with Crippen LogP contribution in [0.3, 0.4) is 0 Å². The molecule has 5 nitrogen and oxygen atoms in total. The van der Waals surface area contributed by atoms with Crippen molar-refractivity contribution in [2.75, 3.05) is 17.3 Å². The number of para-hydroxylation sites is 2. The second kappa shape index (κ2) is 7.28. The van der Waals surface area contributed by atoms with Gasteiger partial charge in [0.1, 0.15) is 17.3 Å². The summed E-state index contributed by atoms with van der Waals surface area (Å²) >= 11 is 1.35. The summed E-state index contributed by atoms with van der Waals surface area (Å²) in [6.07, 6.45) is 0. The van der Waals surface area contributed by atoms with Crippen LogP contribution in [0.4, 0.5) is 15.8 Å². The number of imide groups is 1. The summed E-state index contributed by atoms with van der Waals surface area (Å²) < 4.78 is 19.0. The summed E-state index contributed by atoms with van der Waals surface area (Å²) in [5, 5.41) is 4.87. The van der Waals surface area contributed by atoms with Crippen LogP contribution >= 0.6 is 11.3 Å². The molecule has 0 spiro atoms. The Morgan fingerprint density at radius 1 is 1.00 bits per heavy atom. The van der Waals surface area contributed by atoms with Crippen molar-refractivity contribution in [2.45, 2.75) is 0 Å². The highest BCUT2D eigenvalue weighted by molar-refractivity contribution is 7.11. The Labute approximate surface area is 164 Å². The smallest absolute Gasteiger partial charge is 0.282 e. The van der Waals surface area contributed by atoms with Gasteiger partial charge in [0.15, 0.2) is 0 Å². The van der Waals surface area contributed by atoms with Crippen LogP contribution < -0.4 is 15.0 Å². The van der Waals surface area contributed by atoms with E-state index in [1.54, 1.807) is 36.4 Å². The largest absolute Gasteiger partial charge is 0.495 e. The van der Waals surface area contributed by atoms with Gasteiger partial charge in [-0.2, -0.15) is 0 Å². The Morgan fingerprint density at radius 3 is 2.54 bits per heavy atom. The lowest BCUT2D eigenvalue weighted by molar-refractivity contribution is -0.120. The normalized spacial score (nSPS) is 14.0. The fourth-order valence-corrected chi connectivity index (χ4v) is 3.80. The number of anilines is 2. The fraction of sp³-hybridized carbons (Fsp3) is 0.0476. The van der Waals surface area contributed by atoms with Gasteiger partial charge in [-0.1, -0.05) is 24.3 Å². The zero-order valence-electron chi connectivity index (χ0n) is 14.8. The van der Waals surface area contributed by atoms with Crippen molar-refractivity contribution in [3.63, 3.8) is 0 Å². The van der Waals surface area contributed by atoms with E-state index in [9.17, 15) is 14.0 Å². The molecule has 28 heavy (non-hydrogen) atoms. The van der Waals surface area contributed by atoms with Crippen LogP contribution in [-0.2, 0) is 9.59 Å². The molecule has 1 aromatic heterocycles. The quantitative estimate of drug-likeness (QED) is 0.656. The van der Waals surface area contributed by atoms with Crippen LogP contribution in [0.5, 0.6) is 5.75 Å². The topological polar surface area (TPSA) is 58.6 Å². The number of methoxy groups -OCH3 is 1. The van der Waals surface area contributed by atoms with Gasteiger partial charge in [-0.15, -0.1) is 11.3 Å². The summed E-state index contributed by atoms with van der Waals surface area (Å²) in [6, 6.07) is 16.1. The summed E-state index contributed by atoms with van der Waals surface area (Å²) in [5.74, 6) is -1.05. The van der Waals surface area contributed by atoms with E-state index in [1.807, 2.05) is 5.38 Å². The highest BCUT2D eigenvalue weighted by atomic mass is 32.1. The second-order valence-electron chi connectivity index (χ2n) is 5.98. The molecule has 2 amide bonds. The molecule has 7 heteroatoms. The summed E-state index contributed by atoms with van der Waals surface area (Å²) in [5.41, 5.74) is 1.11. The first-order valence-electron chi connectivity index (χ1n) is 8.42. The Balaban J connectivity index is 1.82. The minimum absolute atomic E-state index is 0.126. The highest BCUT2D eigenvalue weighted by Gasteiger charge is 2.41. The third-order valence-electron chi connectivity index (χ3n) is 4.28. The number of carbonyl (C=O) groups excluding carboxylic acids is 2. The van der Waals surface area contributed by atoms with Gasteiger partial charge in [-0.25, -0.2) is 9.29 Å². The number of thiophene rings is 1. The lowest BCUT2D eigenvalue weighted by Crippen LogP contribution is -2.32. The van der Waals surface area contributed by atoms with Crippen molar-refractivity contribution in [1.82, 2.24) is 0 Å². The van der Waals surface area contributed by atoms with Gasteiger partial charge in [0.2, 0.25) is 0 Å². The van der Waals surface area contributed by atoms with Crippen molar-refractivity contribution >= 4 is 40.1 Å². The molecule has 0 atom stereocenters. The number of benzene rings is 2. The highest BCUT2D eigenvalue weighted by Crippen LogP contribution is 2.37. The summed E-state index contributed by atoms with van der Waals surface area (Å²) in [7, 11) is 1.52. The molecule has 1 N–H and O–H groups in total. The number of nitrogens with zero attached hydrogens (tertiary/aromatic N) is 1. The second-order valence-corrected chi connectivity index (χ2v) is 6.93. The van der Waals surface area contributed by atoms with E-state index in [4.69, 9.17) is 4.74 Å². The van der Waals surface area contributed by atoms with Crippen molar-refractivity contribution in [2.24, 2.45) is 0 Å². The number of carbonyl (C=O) groups is 2. The van der Waals surface area contributed by atoms with E-state index in [1.165, 1.54) is 36.6 Å². The zero-order chi connectivity index (χ0) is 19.7. The Kier molecular flexibility index (Phi) is 4.67. The Morgan fingerprint density at radius 2 is 1.82 bits per heavy atom. The van der Waals surface area contributed by atoms with Gasteiger partial charge in [-0.3, -0.25) is 9.59 Å². The molecule has 0 aliphatic carbocycles. The van der Waals surface area contributed by atoms with Crippen LogP contribution in [0.2, 0.25) is 0 Å². The number of hydrogen-bond donors (Lipinski definition) is 1. The Hall–Kier alpha value is -3.45. The van der Waals surface area contributed by atoms with Crippen LogP contribution in [0.1, 0.15) is 4.88 Å². The Bertz CT molecular complexity index is 1090. The first kappa shape index (κ1) is 17.9. The molecule has 4 rings (SSSR count). The number of halogens is 1. The van der Waals surface area contributed by atoms with E-state index in [0.29, 0.717) is 16.3 Å². The van der Waals surface area contributed by atoms with Gasteiger partial charge in [0, 0.05) is 4.88 Å². The predicted molar refractivity (Wildman–Crippen MR) is 107 cm³/mol. The molecule has 2 aromatic carbocycles. The average Bonchev–Trinajstić information content (AvgIpc) is 3.29. The molecule has 0 fully saturated rings. The van der Waals surface area contributed by atoms with Crippen molar-refractivity contribution in [3.05, 3.63) is 82.4 Å². The van der Waals surface area contributed by atoms with E-state index < -0.39 is 17.6 Å². The van der Waals surface area contributed by atoms with Crippen LogP contribution in [0.25, 0.3) is 5.57 Å². The van der Waals surface area contributed by atoms with Gasteiger partial charge >= 0.3 is 0 Å². The number of amides is 2. The number of nitrogens with one attached hydrogen (secondary N) is 1. The van der Waals surface area contributed by atoms with E-state index in [-0.39, 0.29) is 17.0 Å². The van der Waals surface area contributed by atoms with Crippen molar-refractivity contribution < 1.29 is 18.7 Å². The average molecular weight is 394 g/mol. The molecule has 2 heterocycles. The first-order valence-corrected chi connectivity index (χ1v) is 9.30. The van der Waals surface area contributed by atoms with Gasteiger partial charge < -0.3 is 10.1 Å². The number of hydrogen-bond acceptors (Lipinski definition) is 5. The minimum atomic E-state index is -0.551. The maximum absolute atomic E-state index is 13.7. The molecule has 1 aliphatic heterocycles. The monoisotopic (exact) mass is 394 g/mol. The standard InChI is InChI=1S/C21H15FN2O3S/c1-27-16-9-3-2-8-15(16)23-19-18(17-10-5-11-28-17)20(25)24(21(19)26)14-7-4-6-13(22)12-14/h2-12,23H,1H3. The molecule has 1 aliphatic rings. The summed E-state index contributed by atoms with van der Waals surface area (Å²) in [6.45, 7) is 0. The van der Waals surface area contributed by atoms with E-state index in [0.717, 1.165) is 11.0 Å². The molecule has 0 radical (unpaired) electrons. The predicted octanol–water partition coefficient (Wildman–Crippen LogP) is 4.29. The van der Waals surface area contributed by atoms with Crippen LogP contribution in [-0.4, -0.2) is 18.9 Å². The van der Waals surface area contributed by atoms with Crippen LogP contribution in [0, 0.1) is 5.82 Å². The maximum Gasteiger partial charge on any atom is 0.282 e. The lowest BCUT2D eigenvalue weighted by Gasteiger charge is -2.16. The van der Waals surface area contributed by atoms with Gasteiger partial charge in [0.25, 0.3) is 11.8 Å². The molecule has 140 valence electrons. The van der Waals surface area contributed by atoms with Crippen molar-refractivity contribution in [3.8, 4) is 5.75 Å². The van der Waals surface area contributed by atoms with Gasteiger partial charge in [0.05, 0.1) is 24.1 Å². The lowest BCUT2D eigenvalue weighted by atomic mass is 10.1. The third-order valence-corrected chi connectivity index (χ3v) is 5.17. The first-order chi connectivity index (χ1) is 13.6. The zero-order valence-corrected chi connectivity index (χ0v) is 15.6. The molecular weight excluding hydrogens is 379 g/mol. The van der Waals surface area contributed by atoms with Crippen LogP contribution in [0.15, 0.2) is 71.7 Å². The maximum atomic E-state index is 13.7. The molecule has 0 bridgehead atoms. The molecule has 3 aromatic rings. The minimum Gasteiger partial charge on any atom is -0.495 e. The molecular formula is C21H15FN2O3S. The number of ether oxygens (including phenoxy) is 1. The summed E-state index contributed by atoms with van der Waals surface area (Å²) in [4.78, 5) is 27.9. The van der Waals surface area contributed by atoms with Crippen molar-refractivity contribution in [1.29, 1.82) is 0 Å². The number of rotatable bonds is 5. The third kappa shape index (κ3) is 3.05. The van der Waals surface area contributed by atoms with E-state index >= 15 is 0 Å².